The highest BCUT2D eigenvalue weighted by Gasteiger charge is 2.41. The molecular weight excluding hydrogens is 358 g/mol. The summed E-state index contributed by atoms with van der Waals surface area (Å²) in [7, 11) is 0. The van der Waals surface area contributed by atoms with Crippen molar-refractivity contribution in [3.05, 3.63) is 47.8 Å². The van der Waals surface area contributed by atoms with Crippen LogP contribution in [-0.2, 0) is 4.79 Å². The van der Waals surface area contributed by atoms with E-state index in [2.05, 4.69) is 15.6 Å². The number of aromatic nitrogens is 1. The molecule has 0 bridgehead atoms. The summed E-state index contributed by atoms with van der Waals surface area (Å²) < 4.78 is 0. The molecule has 28 heavy (non-hydrogen) atoms. The zero-order valence-corrected chi connectivity index (χ0v) is 15.1. The molecule has 142 valence electrons. The molecule has 3 aliphatic rings. The van der Waals surface area contributed by atoms with Crippen LogP contribution in [0.15, 0.2) is 36.5 Å². The first kappa shape index (κ1) is 16.6. The summed E-state index contributed by atoms with van der Waals surface area (Å²) in [6.45, 7) is 0.982. The summed E-state index contributed by atoms with van der Waals surface area (Å²) in [4.78, 5) is 43.2. The van der Waals surface area contributed by atoms with E-state index in [1.807, 2.05) is 12.1 Å². The van der Waals surface area contributed by atoms with Crippen LogP contribution in [0.3, 0.4) is 0 Å². The molecule has 3 N–H and O–H groups in total. The van der Waals surface area contributed by atoms with Crippen molar-refractivity contribution in [1.29, 1.82) is 0 Å². The van der Waals surface area contributed by atoms with Gasteiger partial charge in [0.1, 0.15) is 0 Å². The van der Waals surface area contributed by atoms with Crippen molar-refractivity contribution < 1.29 is 14.4 Å². The van der Waals surface area contributed by atoms with Crippen LogP contribution < -0.4 is 10.6 Å². The first-order valence-electron chi connectivity index (χ1n) is 9.30. The van der Waals surface area contributed by atoms with Crippen LogP contribution in [0, 0.1) is 0 Å². The van der Waals surface area contributed by atoms with Gasteiger partial charge in [-0.25, -0.2) is 14.5 Å². The van der Waals surface area contributed by atoms with Crippen molar-refractivity contribution >= 4 is 41.0 Å². The standard InChI is InChI=1S/C20H19N5O3/c26-18-16(10-12-2-1-7-21-12)15-6-3-13(11-17(15)23-18)22-19(27)25-9-8-24(20(25)28)14-4-5-14/h1-3,6-7,10-11,14,21H,4-5,8-9H2,(H,22,27)(H,23,26)/b16-10-. The number of nitrogens with zero attached hydrogens (tertiary/aromatic N) is 2. The number of carbonyl (C=O) groups excluding carboxylic acids is 3. The zero-order valence-electron chi connectivity index (χ0n) is 15.1. The van der Waals surface area contributed by atoms with Crippen molar-refractivity contribution in [3.63, 3.8) is 0 Å². The Balaban J connectivity index is 1.33. The first-order valence-corrected chi connectivity index (χ1v) is 9.30. The maximum Gasteiger partial charge on any atom is 0.330 e. The van der Waals surface area contributed by atoms with Crippen molar-refractivity contribution in [3.8, 4) is 0 Å². The maximum atomic E-state index is 12.5. The minimum absolute atomic E-state index is 0.192. The van der Waals surface area contributed by atoms with Gasteiger partial charge in [0, 0.05) is 42.3 Å². The van der Waals surface area contributed by atoms with Gasteiger partial charge in [-0.05, 0) is 43.2 Å². The van der Waals surface area contributed by atoms with Crippen LogP contribution >= 0.6 is 0 Å². The third kappa shape index (κ3) is 2.83. The van der Waals surface area contributed by atoms with Crippen LogP contribution in [0.4, 0.5) is 21.0 Å². The number of amides is 5. The molecule has 1 saturated heterocycles. The van der Waals surface area contributed by atoms with E-state index in [4.69, 9.17) is 0 Å². The lowest BCUT2D eigenvalue weighted by molar-refractivity contribution is -0.110. The fraction of sp³-hybridized carbons (Fsp3) is 0.250. The summed E-state index contributed by atoms with van der Waals surface area (Å²) in [5.74, 6) is -0.192. The van der Waals surface area contributed by atoms with Gasteiger partial charge >= 0.3 is 12.1 Å². The van der Waals surface area contributed by atoms with Crippen molar-refractivity contribution in [2.75, 3.05) is 23.7 Å². The second-order valence-corrected chi connectivity index (χ2v) is 7.19. The topological polar surface area (TPSA) is 97.5 Å². The number of hydrogen-bond acceptors (Lipinski definition) is 3. The number of aromatic amines is 1. The molecule has 1 aliphatic carbocycles. The number of nitrogens with one attached hydrogen (secondary N) is 3. The van der Waals surface area contributed by atoms with Crippen molar-refractivity contribution in [1.82, 2.24) is 14.8 Å². The average molecular weight is 377 g/mol. The van der Waals surface area contributed by atoms with Gasteiger partial charge < -0.3 is 20.5 Å². The normalized spacial score (nSPS) is 19.9. The molecule has 2 fully saturated rings. The minimum atomic E-state index is -0.445. The van der Waals surface area contributed by atoms with Crippen LogP contribution in [-0.4, -0.2) is 51.9 Å². The molecule has 0 spiro atoms. The number of urea groups is 2. The highest BCUT2D eigenvalue weighted by molar-refractivity contribution is 6.35. The Labute approximate surface area is 161 Å². The van der Waals surface area contributed by atoms with E-state index in [1.165, 1.54) is 4.90 Å². The Morgan fingerprint density at radius 3 is 2.79 bits per heavy atom. The molecule has 1 aromatic carbocycles. The number of imide groups is 1. The predicted octanol–water partition coefficient (Wildman–Crippen LogP) is 2.94. The Bertz CT molecular complexity index is 1010. The number of rotatable bonds is 3. The van der Waals surface area contributed by atoms with E-state index in [-0.39, 0.29) is 11.9 Å². The molecule has 5 amide bonds. The first-order chi connectivity index (χ1) is 13.6. The van der Waals surface area contributed by atoms with E-state index in [0.29, 0.717) is 36.1 Å². The fourth-order valence-electron chi connectivity index (χ4n) is 3.66. The third-order valence-corrected chi connectivity index (χ3v) is 5.25. The van der Waals surface area contributed by atoms with E-state index in [1.54, 1.807) is 35.4 Å². The largest absolute Gasteiger partial charge is 0.362 e. The van der Waals surface area contributed by atoms with Crippen LogP contribution in [0.5, 0.6) is 0 Å². The van der Waals surface area contributed by atoms with Crippen LogP contribution in [0.1, 0.15) is 24.1 Å². The molecular formula is C20H19N5O3. The van der Waals surface area contributed by atoms with E-state index in [0.717, 1.165) is 24.1 Å². The van der Waals surface area contributed by atoms with Gasteiger partial charge in [-0.2, -0.15) is 0 Å². The number of anilines is 2. The van der Waals surface area contributed by atoms with Gasteiger partial charge in [-0.3, -0.25) is 4.79 Å². The second-order valence-electron chi connectivity index (χ2n) is 7.19. The average Bonchev–Trinajstić information content (AvgIpc) is 3.09. The quantitative estimate of drug-likeness (QED) is 0.718. The molecule has 2 aromatic rings. The van der Waals surface area contributed by atoms with E-state index < -0.39 is 6.03 Å². The Kier molecular flexibility index (Phi) is 3.71. The number of H-pyrrole nitrogens is 1. The smallest absolute Gasteiger partial charge is 0.330 e. The van der Waals surface area contributed by atoms with E-state index in [9.17, 15) is 14.4 Å². The lowest BCUT2D eigenvalue weighted by Gasteiger charge is -2.17. The summed E-state index contributed by atoms with van der Waals surface area (Å²) in [6, 6.07) is 8.60. The molecule has 2 aliphatic heterocycles. The fourth-order valence-corrected chi connectivity index (χ4v) is 3.66. The minimum Gasteiger partial charge on any atom is -0.362 e. The third-order valence-electron chi connectivity index (χ3n) is 5.25. The lowest BCUT2D eigenvalue weighted by Crippen LogP contribution is -2.39. The maximum absolute atomic E-state index is 12.5. The second kappa shape index (κ2) is 6.26. The number of benzene rings is 1. The molecule has 1 aromatic heterocycles. The zero-order chi connectivity index (χ0) is 19.3. The highest BCUT2D eigenvalue weighted by atomic mass is 16.2. The van der Waals surface area contributed by atoms with Gasteiger partial charge in [0.25, 0.3) is 5.91 Å². The molecule has 0 unspecified atom stereocenters. The summed E-state index contributed by atoms with van der Waals surface area (Å²) in [5.41, 5.74) is 3.33. The molecule has 5 rings (SSSR count). The Morgan fingerprint density at radius 2 is 2.04 bits per heavy atom. The molecule has 0 atom stereocenters. The van der Waals surface area contributed by atoms with Gasteiger partial charge in [0.15, 0.2) is 0 Å². The summed E-state index contributed by atoms with van der Waals surface area (Å²) >= 11 is 0. The van der Waals surface area contributed by atoms with Gasteiger partial charge in [0.2, 0.25) is 0 Å². The van der Waals surface area contributed by atoms with Crippen LogP contribution in [0.25, 0.3) is 11.6 Å². The summed E-state index contributed by atoms with van der Waals surface area (Å²) in [6.07, 6.45) is 5.62. The lowest BCUT2D eigenvalue weighted by atomic mass is 10.1. The summed E-state index contributed by atoms with van der Waals surface area (Å²) in [5, 5.41) is 5.58. The monoisotopic (exact) mass is 377 g/mol. The van der Waals surface area contributed by atoms with Gasteiger partial charge in [0.05, 0.1) is 11.3 Å². The molecule has 1 saturated carbocycles. The molecule has 8 heteroatoms. The predicted molar refractivity (Wildman–Crippen MR) is 105 cm³/mol. The molecule has 8 nitrogen and oxygen atoms in total. The van der Waals surface area contributed by atoms with E-state index >= 15 is 0 Å². The van der Waals surface area contributed by atoms with Crippen molar-refractivity contribution in [2.45, 2.75) is 18.9 Å². The van der Waals surface area contributed by atoms with Gasteiger partial charge in [-0.1, -0.05) is 6.07 Å². The number of carbonyl (C=O) groups is 3. The molecule has 3 heterocycles. The Hall–Kier alpha value is -3.55. The molecule has 0 radical (unpaired) electrons. The number of fused-ring (bicyclic) bond motifs is 1. The van der Waals surface area contributed by atoms with Crippen LogP contribution in [0.2, 0.25) is 0 Å². The van der Waals surface area contributed by atoms with Crippen molar-refractivity contribution in [2.24, 2.45) is 0 Å². The SMILES string of the molecule is O=C1Nc2cc(NC(=O)N3CCN(C4CC4)C3=O)ccc2/C1=C/c1ccc[nH]1. The highest BCUT2D eigenvalue weighted by Crippen LogP contribution is 2.35. The number of hydrogen-bond donors (Lipinski definition) is 3. The Morgan fingerprint density at radius 1 is 1.18 bits per heavy atom. The van der Waals surface area contributed by atoms with Gasteiger partial charge in [-0.15, -0.1) is 0 Å².